The van der Waals surface area contributed by atoms with Crippen molar-refractivity contribution in [1.29, 1.82) is 0 Å². The van der Waals surface area contributed by atoms with Crippen LogP contribution in [0.2, 0.25) is 0 Å². The normalized spacial score (nSPS) is 31.1. The van der Waals surface area contributed by atoms with Gasteiger partial charge in [-0.15, -0.1) is 0 Å². The molecule has 1 N–H and O–H groups in total. The average molecular weight is 401 g/mol. The Morgan fingerprint density at radius 2 is 1.90 bits per heavy atom. The molecule has 0 bridgehead atoms. The van der Waals surface area contributed by atoms with Crippen molar-refractivity contribution in [1.82, 2.24) is 0 Å². The molecule has 0 aromatic heterocycles. The molecule has 2 fully saturated rings. The lowest BCUT2D eigenvalue weighted by Gasteiger charge is -2.45. The Morgan fingerprint density at radius 1 is 1.17 bits per heavy atom. The molecule has 1 aromatic carbocycles. The predicted octanol–water partition coefficient (Wildman–Crippen LogP) is 4.15. The number of methoxy groups -OCH3 is 1. The van der Waals surface area contributed by atoms with Crippen molar-refractivity contribution in [3.8, 4) is 0 Å². The number of esters is 2. The Labute approximate surface area is 173 Å². The van der Waals surface area contributed by atoms with Crippen LogP contribution < -0.4 is 0 Å². The van der Waals surface area contributed by atoms with Gasteiger partial charge in [0.05, 0.1) is 12.7 Å². The van der Waals surface area contributed by atoms with E-state index in [0.29, 0.717) is 17.4 Å². The number of fused-ring (bicyclic) bond motifs is 1. The van der Waals surface area contributed by atoms with Crippen LogP contribution in [0.15, 0.2) is 42.5 Å². The summed E-state index contributed by atoms with van der Waals surface area (Å²) in [7, 11) is 1.27. The first-order valence-corrected chi connectivity index (χ1v) is 10.6. The fraction of sp³-hybridized carbons (Fsp3) is 0.583. The van der Waals surface area contributed by atoms with E-state index in [9.17, 15) is 14.7 Å². The molecule has 3 rings (SSSR count). The molecule has 2 unspecified atom stereocenters. The van der Waals surface area contributed by atoms with Gasteiger partial charge in [-0.25, -0.2) is 9.59 Å². The van der Waals surface area contributed by atoms with Gasteiger partial charge in [-0.2, -0.15) is 0 Å². The number of aliphatic hydroxyl groups is 1. The van der Waals surface area contributed by atoms with Crippen LogP contribution in [0.5, 0.6) is 0 Å². The van der Waals surface area contributed by atoms with Crippen molar-refractivity contribution in [3.63, 3.8) is 0 Å². The maximum Gasteiger partial charge on any atom is 0.338 e. The van der Waals surface area contributed by atoms with Gasteiger partial charge in [-0.05, 0) is 67.6 Å². The Kier molecular flexibility index (Phi) is 6.78. The Balaban J connectivity index is 1.68. The van der Waals surface area contributed by atoms with E-state index in [-0.39, 0.29) is 23.4 Å². The summed E-state index contributed by atoms with van der Waals surface area (Å²) in [5, 5.41) is 9.84. The van der Waals surface area contributed by atoms with Crippen molar-refractivity contribution in [2.75, 3.05) is 7.11 Å². The number of hydrogen-bond donors (Lipinski definition) is 1. The van der Waals surface area contributed by atoms with Gasteiger partial charge in [0.2, 0.25) is 0 Å². The second-order valence-corrected chi connectivity index (χ2v) is 8.71. The zero-order valence-electron chi connectivity index (χ0n) is 17.5. The SMILES string of the molecule is COC(=O)[C@@H](O)/C=C/[C@@H](C)C1CCC2[C@@H](OC(=O)c3ccccc3)CCC[C@@]12C. The summed E-state index contributed by atoms with van der Waals surface area (Å²) in [5.74, 6) is 0.0990. The molecule has 0 spiro atoms. The maximum atomic E-state index is 12.6. The predicted molar refractivity (Wildman–Crippen MR) is 110 cm³/mol. The monoisotopic (exact) mass is 400 g/mol. The highest BCUT2D eigenvalue weighted by Crippen LogP contribution is 2.58. The van der Waals surface area contributed by atoms with E-state index in [4.69, 9.17) is 4.74 Å². The molecule has 2 saturated carbocycles. The van der Waals surface area contributed by atoms with Crippen LogP contribution in [0.25, 0.3) is 0 Å². The first-order chi connectivity index (χ1) is 13.9. The highest BCUT2D eigenvalue weighted by atomic mass is 16.5. The molecule has 6 atom stereocenters. The third-order valence-corrected chi connectivity index (χ3v) is 7.08. The van der Waals surface area contributed by atoms with E-state index in [1.54, 1.807) is 12.1 Å². The molecule has 5 heteroatoms. The Hall–Kier alpha value is -2.14. The standard InChI is InChI=1S/C24H32O5/c1-16(11-14-20(25)23(27)28-3)18-12-13-19-21(10-7-15-24(18,19)2)29-22(26)17-8-5-4-6-9-17/h4-6,8-9,11,14,16,18-21,25H,7,10,12-13,15H2,1-3H3/b14-11+/t16-,18?,19?,20+,21+,24+/m1/s1. The number of aliphatic hydroxyl groups excluding tert-OH is 1. The molecular weight excluding hydrogens is 368 g/mol. The number of benzene rings is 1. The van der Waals surface area contributed by atoms with Crippen molar-refractivity contribution in [2.45, 2.75) is 58.2 Å². The first-order valence-electron chi connectivity index (χ1n) is 10.6. The van der Waals surface area contributed by atoms with Crippen LogP contribution in [-0.4, -0.2) is 36.4 Å². The average Bonchev–Trinajstić information content (AvgIpc) is 3.09. The molecule has 158 valence electrons. The fourth-order valence-electron chi connectivity index (χ4n) is 5.56. The quantitative estimate of drug-likeness (QED) is 0.573. The molecule has 0 saturated heterocycles. The van der Waals surface area contributed by atoms with Crippen molar-refractivity contribution >= 4 is 11.9 Å². The molecule has 1 aromatic rings. The molecule has 0 radical (unpaired) electrons. The summed E-state index contributed by atoms with van der Waals surface area (Å²) in [6.07, 6.45) is 7.34. The number of ether oxygens (including phenoxy) is 2. The number of allylic oxidation sites excluding steroid dienone is 1. The third-order valence-electron chi connectivity index (χ3n) is 7.08. The van der Waals surface area contributed by atoms with Crippen LogP contribution in [-0.2, 0) is 14.3 Å². The van der Waals surface area contributed by atoms with E-state index in [1.165, 1.54) is 13.2 Å². The van der Waals surface area contributed by atoms with Gasteiger partial charge < -0.3 is 14.6 Å². The summed E-state index contributed by atoms with van der Waals surface area (Å²) in [5.41, 5.74) is 0.683. The van der Waals surface area contributed by atoms with E-state index >= 15 is 0 Å². The third kappa shape index (κ3) is 4.55. The van der Waals surface area contributed by atoms with Crippen LogP contribution >= 0.6 is 0 Å². The summed E-state index contributed by atoms with van der Waals surface area (Å²) in [6, 6.07) is 9.18. The second kappa shape index (κ2) is 9.12. The topological polar surface area (TPSA) is 72.8 Å². The van der Waals surface area contributed by atoms with E-state index < -0.39 is 12.1 Å². The largest absolute Gasteiger partial charge is 0.467 e. The van der Waals surface area contributed by atoms with Gasteiger partial charge in [0, 0.05) is 5.92 Å². The highest BCUT2D eigenvalue weighted by Gasteiger charge is 2.53. The van der Waals surface area contributed by atoms with Gasteiger partial charge in [0.1, 0.15) is 6.10 Å². The van der Waals surface area contributed by atoms with E-state index in [2.05, 4.69) is 18.6 Å². The van der Waals surface area contributed by atoms with Gasteiger partial charge in [0.15, 0.2) is 6.10 Å². The van der Waals surface area contributed by atoms with Crippen LogP contribution in [0.1, 0.15) is 56.3 Å². The lowest BCUT2D eigenvalue weighted by Crippen LogP contribution is -2.43. The summed E-state index contributed by atoms with van der Waals surface area (Å²) in [6.45, 7) is 4.46. The van der Waals surface area contributed by atoms with Crippen molar-refractivity contribution < 1.29 is 24.2 Å². The van der Waals surface area contributed by atoms with E-state index in [1.807, 2.05) is 24.3 Å². The highest BCUT2D eigenvalue weighted by molar-refractivity contribution is 5.89. The number of carbonyl (C=O) groups excluding carboxylic acids is 2. The second-order valence-electron chi connectivity index (χ2n) is 8.71. The van der Waals surface area contributed by atoms with Gasteiger partial charge in [-0.3, -0.25) is 0 Å². The fourth-order valence-corrected chi connectivity index (χ4v) is 5.56. The number of carbonyl (C=O) groups is 2. The number of hydrogen-bond acceptors (Lipinski definition) is 5. The van der Waals surface area contributed by atoms with Crippen LogP contribution in [0, 0.1) is 23.2 Å². The molecular formula is C24H32O5. The first kappa shape index (κ1) is 21.6. The van der Waals surface area contributed by atoms with Gasteiger partial charge >= 0.3 is 11.9 Å². The molecule has 2 aliphatic carbocycles. The molecule has 5 nitrogen and oxygen atoms in total. The molecule has 29 heavy (non-hydrogen) atoms. The van der Waals surface area contributed by atoms with Crippen LogP contribution in [0.3, 0.4) is 0 Å². The zero-order valence-corrected chi connectivity index (χ0v) is 17.5. The maximum absolute atomic E-state index is 12.6. The number of rotatable bonds is 6. The summed E-state index contributed by atoms with van der Waals surface area (Å²) < 4.78 is 10.5. The molecule has 0 amide bonds. The van der Waals surface area contributed by atoms with Crippen molar-refractivity contribution in [2.24, 2.45) is 23.2 Å². The zero-order chi connectivity index (χ0) is 21.0. The smallest absolute Gasteiger partial charge is 0.338 e. The van der Waals surface area contributed by atoms with Gasteiger partial charge in [-0.1, -0.05) is 38.1 Å². The Morgan fingerprint density at radius 3 is 2.59 bits per heavy atom. The summed E-state index contributed by atoms with van der Waals surface area (Å²) in [4.78, 5) is 24.0. The van der Waals surface area contributed by atoms with Crippen LogP contribution in [0.4, 0.5) is 0 Å². The molecule has 2 aliphatic rings. The minimum Gasteiger partial charge on any atom is -0.467 e. The minimum absolute atomic E-state index is 0.0525. The van der Waals surface area contributed by atoms with Crippen molar-refractivity contribution in [3.05, 3.63) is 48.0 Å². The molecule has 0 aliphatic heterocycles. The van der Waals surface area contributed by atoms with Gasteiger partial charge in [0.25, 0.3) is 0 Å². The minimum atomic E-state index is -1.22. The lowest BCUT2D eigenvalue weighted by molar-refractivity contribution is -0.147. The molecule has 0 heterocycles. The Bertz CT molecular complexity index is 743. The van der Waals surface area contributed by atoms with E-state index in [0.717, 1.165) is 32.1 Å². The lowest BCUT2D eigenvalue weighted by atomic mass is 9.62. The summed E-state index contributed by atoms with van der Waals surface area (Å²) >= 11 is 0.